The fourth-order valence-corrected chi connectivity index (χ4v) is 5.67. The lowest BCUT2D eigenvalue weighted by Gasteiger charge is -2.37. The first-order valence-electron chi connectivity index (χ1n) is 13.3. The monoisotopic (exact) mass is 521 g/mol. The van der Waals surface area contributed by atoms with Crippen LogP contribution in [0.4, 0.5) is 0 Å². The highest BCUT2D eigenvalue weighted by Crippen LogP contribution is 2.39. The number of piperidine rings is 1. The maximum atomic E-state index is 12.3. The summed E-state index contributed by atoms with van der Waals surface area (Å²) in [5.41, 5.74) is 5.62. The van der Waals surface area contributed by atoms with Gasteiger partial charge in [-0.2, -0.15) is 0 Å². The first-order valence-corrected chi connectivity index (χ1v) is 13.3. The van der Waals surface area contributed by atoms with Crippen molar-refractivity contribution in [1.82, 2.24) is 24.8 Å². The maximum Gasteiger partial charge on any atom is 0.298 e. The van der Waals surface area contributed by atoms with Gasteiger partial charge in [0.15, 0.2) is 5.65 Å². The molecule has 2 aliphatic rings. The summed E-state index contributed by atoms with van der Waals surface area (Å²) in [6.07, 6.45) is 1.78. The molecule has 0 radical (unpaired) electrons. The first kappa shape index (κ1) is 25.0. The second-order valence-electron chi connectivity index (χ2n) is 10.0. The van der Waals surface area contributed by atoms with E-state index in [1.165, 1.54) is 0 Å². The minimum absolute atomic E-state index is 0.0824. The molecule has 39 heavy (non-hydrogen) atoms. The summed E-state index contributed by atoms with van der Waals surface area (Å²) in [6, 6.07) is 20.8. The number of carbonyl (C=O) groups is 1. The molecule has 4 heterocycles. The van der Waals surface area contributed by atoms with Gasteiger partial charge in [0.05, 0.1) is 18.8 Å². The fraction of sp³-hybridized carbons (Fsp3) is 0.323. The molecule has 2 aliphatic heterocycles. The van der Waals surface area contributed by atoms with Crippen LogP contribution in [-0.4, -0.2) is 57.8 Å². The Hall–Kier alpha value is -4.35. The zero-order valence-corrected chi connectivity index (χ0v) is 22.3. The number of benzene rings is 2. The van der Waals surface area contributed by atoms with Crippen LogP contribution in [0.2, 0.25) is 0 Å². The number of nitrogens with zero attached hydrogens (tertiary/aromatic N) is 4. The van der Waals surface area contributed by atoms with E-state index in [1.54, 1.807) is 14.0 Å². The number of rotatable bonds is 5. The Kier molecular flexibility index (Phi) is 6.67. The molecule has 0 aliphatic carbocycles. The Labute approximate surface area is 228 Å². The van der Waals surface area contributed by atoms with Gasteiger partial charge in [0.25, 0.3) is 5.91 Å². The number of likely N-dealkylation sites (tertiary alicyclic amines) is 1. The minimum Gasteiger partial charge on any atom is -0.491 e. The number of nitrogens with one attached hydrogen (secondary N) is 1. The topological polar surface area (TPSA) is 81.0 Å². The van der Waals surface area contributed by atoms with Crippen molar-refractivity contribution < 1.29 is 14.3 Å². The predicted molar refractivity (Wildman–Crippen MR) is 149 cm³/mol. The summed E-state index contributed by atoms with van der Waals surface area (Å²) >= 11 is 0. The van der Waals surface area contributed by atoms with E-state index in [0.717, 1.165) is 52.3 Å². The zero-order chi connectivity index (χ0) is 26.9. The molecule has 4 aromatic rings. The molecule has 0 bridgehead atoms. The molecule has 198 valence electrons. The normalized spacial score (nSPS) is 20.2. The molecule has 3 atom stereocenters. The van der Waals surface area contributed by atoms with Gasteiger partial charge in [-0.1, -0.05) is 48.4 Å². The van der Waals surface area contributed by atoms with Crippen molar-refractivity contribution in [3.8, 4) is 46.0 Å². The van der Waals surface area contributed by atoms with Gasteiger partial charge in [0.2, 0.25) is 5.88 Å². The number of fused-ring (bicyclic) bond motifs is 2. The lowest BCUT2D eigenvalue weighted by atomic mass is 9.96. The SMILES string of the molecule is CC#CC(=O)N1CCC(N[C@H]2COc3cc(-c4nc5ccc(OC)nn5c4-c4ccccc4)ccc32)C[C@@H]1C. The maximum absolute atomic E-state index is 12.3. The van der Waals surface area contributed by atoms with E-state index in [9.17, 15) is 4.79 Å². The molecule has 1 unspecified atom stereocenters. The molecule has 1 N–H and O–H groups in total. The van der Waals surface area contributed by atoms with E-state index in [2.05, 4.69) is 59.5 Å². The second kappa shape index (κ2) is 10.4. The van der Waals surface area contributed by atoms with Crippen LogP contribution in [0.5, 0.6) is 11.6 Å². The van der Waals surface area contributed by atoms with Crippen LogP contribution in [0.3, 0.4) is 0 Å². The number of hydrogen-bond donors (Lipinski definition) is 1. The molecule has 0 spiro atoms. The first-order chi connectivity index (χ1) is 19.1. The molecule has 1 fully saturated rings. The van der Waals surface area contributed by atoms with Crippen LogP contribution in [0.1, 0.15) is 38.3 Å². The van der Waals surface area contributed by atoms with Crippen LogP contribution in [0, 0.1) is 11.8 Å². The predicted octanol–water partition coefficient (Wildman–Crippen LogP) is 4.50. The van der Waals surface area contributed by atoms with Crippen molar-refractivity contribution >= 4 is 11.6 Å². The van der Waals surface area contributed by atoms with Crippen molar-refractivity contribution in [2.75, 3.05) is 20.3 Å². The molecule has 2 aromatic carbocycles. The largest absolute Gasteiger partial charge is 0.491 e. The van der Waals surface area contributed by atoms with Gasteiger partial charge in [-0.3, -0.25) is 4.79 Å². The number of hydrogen-bond acceptors (Lipinski definition) is 6. The van der Waals surface area contributed by atoms with Crippen molar-refractivity contribution in [2.24, 2.45) is 0 Å². The third-order valence-corrected chi connectivity index (χ3v) is 7.58. The number of aromatic nitrogens is 3. The third kappa shape index (κ3) is 4.70. The Bertz CT molecular complexity index is 1590. The summed E-state index contributed by atoms with van der Waals surface area (Å²) in [7, 11) is 1.61. The van der Waals surface area contributed by atoms with Crippen molar-refractivity contribution in [3.63, 3.8) is 0 Å². The summed E-state index contributed by atoms with van der Waals surface area (Å²) in [6.45, 7) is 5.08. The van der Waals surface area contributed by atoms with Gasteiger partial charge in [-0.25, -0.2) is 9.50 Å². The summed E-state index contributed by atoms with van der Waals surface area (Å²) < 4.78 is 13.4. The Balaban J connectivity index is 1.27. The highest BCUT2D eigenvalue weighted by molar-refractivity contribution is 5.93. The zero-order valence-electron chi connectivity index (χ0n) is 22.3. The van der Waals surface area contributed by atoms with E-state index < -0.39 is 0 Å². The molecule has 0 saturated carbocycles. The number of carbonyl (C=O) groups excluding carboxylic acids is 1. The minimum atomic E-state index is -0.0824. The Morgan fingerprint density at radius 3 is 2.74 bits per heavy atom. The van der Waals surface area contributed by atoms with Crippen molar-refractivity contribution in [3.05, 3.63) is 66.2 Å². The van der Waals surface area contributed by atoms with Gasteiger partial charge in [-0.05, 0) is 44.7 Å². The van der Waals surface area contributed by atoms with Gasteiger partial charge < -0.3 is 19.7 Å². The van der Waals surface area contributed by atoms with Crippen LogP contribution < -0.4 is 14.8 Å². The van der Waals surface area contributed by atoms with Crippen LogP contribution in [-0.2, 0) is 4.79 Å². The van der Waals surface area contributed by atoms with Crippen molar-refractivity contribution in [2.45, 2.75) is 44.8 Å². The number of amides is 1. The number of methoxy groups -OCH3 is 1. The standard InChI is InChI=1S/C31H31N5O3/c1-4-8-29(37)35-16-15-23(17-20(35)2)32-25-19-39-26-18-22(11-12-24(25)26)30-31(21-9-6-5-7-10-21)36-27(33-30)13-14-28(34-36)38-3/h5-7,9-14,18,20,23,25,32H,15-17,19H2,1-3H3/t20-,23?,25-/m0/s1. The molecule has 8 nitrogen and oxygen atoms in total. The lowest BCUT2D eigenvalue weighted by Crippen LogP contribution is -2.50. The van der Waals surface area contributed by atoms with Gasteiger partial charge in [0.1, 0.15) is 18.1 Å². The van der Waals surface area contributed by atoms with E-state index in [4.69, 9.17) is 14.5 Å². The average molecular weight is 522 g/mol. The molecule has 1 amide bonds. The lowest BCUT2D eigenvalue weighted by molar-refractivity contribution is -0.128. The third-order valence-electron chi connectivity index (χ3n) is 7.58. The highest BCUT2D eigenvalue weighted by atomic mass is 16.5. The molecule has 1 saturated heterocycles. The molecule has 8 heteroatoms. The summed E-state index contributed by atoms with van der Waals surface area (Å²) in [4.78, 5) is 19.1. The van der Waals surface area contributed by atoms with E-state index in [-0.39, 0.29) is 18.0 Å². The Morgan fingerprint density at radius 1 is 1.13 bits per heavy atom. The van der Waals surface area contributed by atoms with E-state index >= 15 is 0 Å². The Morgan fingerprint density at radius 2 is 1.97 bits per heavy atom. The van der Waals surface area contributed by atoms with Crippen LogP contribution in [0.15, 0.2) is 60.7 Å². The van der Waals surface area contributed by atoms with Crippen LogP contribution in [0.25, 0.3) is 28.2 Å². The molecular formula is C31H31N5O3. The summed E-state index contributed by atoms with van der Waals surface area (Å²) in [5, 5.41) is 8.44. The van der Waals surface area contributed by atoms with Gasteiger partial charge in [-0.15, -0.1) is 5.10 Å². The molecule has 2 aromatic heterocycles. The second-order valence-corrected chi connectivity index (χ2v) is 10.0. The number of ether oxygens (including phenoxy) is 2. The van der Waals surface area contributed by atoms with Crippen molar-refractivity contribution in [1.29, 1.82) is 0 Å². The molecular weight excluding hydrogens is 490 g/mol. The summed E-state index contributed by atoms with van der Waals surface area (Å²) in [5.74, 6) is 6.70. The quantitative estimate of drug-likeness (QED) is 0.390. The van der Waals surface area contributed by atoms with Crippen LogP contribution >= 0.6 is 0 Å². The highest BCUT2D eigenvalue weighted by Gasteiger charge is 2.32. The smallest absolute Gasteiger partial charge is 0.298 e. The van der Waals surface area contributed by atoms with E-state index in [1.807, 2.05) is 39.7 Å². The number of imidazole rings is 1. The van der Waals surface area contributed by atoms with E-state index in [0.29, 0.717) is 25.1 Å². The average Bonchev–Trinajstić information content (AvgIpc) is 3.54. The van der Waals surface area contributed by atoms with Gasteiger partial charge >= 0.3 is 0 Å². The molecule has 6 rings (SSSR count). The fourth-order valence-electron chi connectivity index (χ4n) is 5.67. The van der Waals surface area contributed by atoms with Gasteiger partial charge in [0, 0.05) is 41.4 Å².